The molecule has 0 fully saturated rings. The Kier molecular flexibility index (Phi) is 6.10. The minimum atomic E-state index is -0.444. The van der Waals surface area contributed by atoms with Crippen molar-refractivity contribution in [3.8, 4) is 0 Å². The first-order valence-corrected chi connectivity index (χ1v) is 9.04. The van der Waals surface area contributed by atoms with E-state index < -0.39 is 11.7 Å². The Morgan fingerprint density at radius 2 is 2.04 bits per heavy atom. The number of thiazole rings is 1. The van der Waals surface area contributed by atoms with Crippen LogP contribution in [0, 0.1) is 5.82 Å². The van der Waals surface area contributed by atoms with Crippen molar-refractivity contribution in [3.05, 3.63) is 59.4 Å². The number of nitrogens with one attached hydrogen (secondary N) is 1. The van der Waals surface area contributed by atoms with Crippen LogP contribution >= 0.6 is 11.3 Å². The lowest BCUT2D eigenvalue weighted by molar-refractivity contribution is -0.137. The van der Waals surface area contributed by atoms with Gasteiger partial charge in [-0.1, -0.05) is 18.2 Å². The number of carbonyl (C=O) groups excluding carboxylic acids is 2. The molecule has 0 saturated carbocycles. The summed E-state index contributed by atoms with van der Waals surface area (Å²) in [7, 11) is 1.51. The van der Waals surface area contributed by atoms with Gasteiger partial charge in [0.05, 0.1) is 23.4 Å². The van der Waals surface area contributed by atoms with E-state index in [0.29, 0.717) is 5.69 Å². The van der Waals surface area contributed by atoms with Gasteiger partial charge in [-0.3, -0.25) is 9.59 Å². The number of anilines is 1. The van der Waals surface area contributed by atoms with Gasteiger partial charge in [0.1, 0.15) is 17.4 Å². The summed E-state index contributed by atoms with van der Waals surface area (Å²) in [5.74, 6) is -1.19. The zero-order valence-corrected chi connectivity index (χ0v) is 15.5. The number of nitrogens with zero attached hydrogens (tertiary/aromatic N) is 2. The molecule has 1 aromatic heterocycles. The highest BCUT2D eigenvalue weighted by atomic mass is 32.1. The average Bonchev–Trinajstić information content (AvgIpc) is 3.04. The lowest BCUT2D eigenvalue weighted by atomic mass is 10.3. The molecule has 0 saturated heterocycles. The molecule has 8 heteroatoms. The molecule has 0 radical (unpaired) electrons. The predicted octanol–water partition coefficient (Wildman–Crippen LogP) is 3.05. The molecule has 0 unspecified atom stereocenters. The summed E-state index contributed by atoms with van der Waals surface area (Å²) in [5, 5.41) is 3.33. The molecule has 3 rings (SSSR count). The van der Waals surface area contributed by atoms with Crippen molar-refractivity contribution in [1.82, 2.24) is 9.88 Å². The van der Waals surface area contributed by atoms with E-state index in [1.165, 1.54) is 41.5 Å². The fraction of sp³-hybridized carbons (Fsp3) is 0.211. The van der Waals surface area contributed by atoms with Crippen LogP contribution in [0.25, 0.3) is 10.2 Å². The lowest BCUT2D eigenvalue weighted by Gasteiger charge is -2.16. The Balaban J connectivity index is 1.43. The maximum atomic E-state index is 13.1. The summed E-state index contributed by atoms with van der Waals surface area (Å²) in [5.41, 5.74) is 1.24. The second-order valence-corrected chi connectivity index (χ2v) is 6.99. The number of ether oxygens (including phenoxy) is 1. The second-order valence-electron chi connectivity index (χ2n) is 5.88. The van der Waals surface area contributed by atoms with Crippen molar-refractivity contribution in [2.75, 3.05) is 25.5 Å². The predicted molar refractivity (Wildman–Crippen MR) is 102 cm³/mol. The molecule has 2 aromatic carbocycles. The van der Waals surface area contributed by atoms with Gasteiger partial charge in [-0.25, -0.2) is 9.37 Å². The molecular formula is C19H18FN3O3S. The van der Waals surface area contributed by atoms with E-state index in [2.05, 4.69) is 10.3 Å². The number of fused-ring (bicyclic) bond motifs is 1. The van der Waals surface area contributed by atoms with Gasteiger partial charge in [0.25, 0.3) is 0 Å². The van der Waals surface area contributed by atoms with Crippen LogP contribution in [0.4, 0.5) is 10.1 Å². The lowest BCUT2D eigenvalue weighted by Crippen LogP contribution is -2.37. The highest BCUT2D eigenvalue weighted by Crippen LogP contribution is 2.21. The largest absolute Gasteiger partial charge is 0.364 e. The molecule has 0 aliphatic carbocycles. The van der Waals surface area contributed by atoms with E-state index >= 15 is 0 Å². The maximum Gasteiger partial charge on any atom is 0.248 e. The topological polar surface area (TPSA) is 71.5 Å². The number of carbonyl (C=O) groups is 2. The van der Waals surface area contributed by atoms with Crippen molar-refractivity contribution >= 4 is 39.1 Å². The standard InChI is InChI=1S/C19H18FN3O3S/c1-23(10-17(24)21-14-6-4-5-13(20)9-14)19(25)12-26-11-18-22-15-7-2-3-8-16(15)27-18/h2-9H,10-12H2,1H3,(H,21,24). The summed E-state index contributed by atoms with van der Waals surface area (Å²) in [6.07, 6.45) is 0. The third-order valence-corrected chi connectivity index (χ3v) is 4.71. The molecule has 0 bridgehead atoms. The number of amides is 2. The Labute approximate surface area is 159 Å². The molecule has 0 aliphatic rings. The van der Waals surface area contributed by atoms with Gasteiger partial charge in [-0.05, 0) is 30.3 Å². The van der Waals surface area contributed by atoms with Gasteiger partial charge < -0.3 is 15.0 Å². The molecule has 0 aliphatic heterocycles. The normalized spacial score (nSPS) is 10.7. The van der Waals surface area contributed by atoms with Crippen LogP contribution in [-0.4, -0.2) is 41.9 Å². The maximum absolute atomic E-state index is 13.1. The van der Waals surface area contributed by atoms with Crippen molar-refractivity contribution in [2.45, 2.75) is 6.61 Å². The molecule has 27 heavy (non-hydrogen) atoms. The number of benzene rings is 2. The minimum Gasteiger partial charge on any atom is -0.364 e. The van der Waals surface area contributed by atoms with Crippen molar-refractivity contribution in [1.29, 1.82) is 0 Å². The number of hydrogen-bond acceptors (Lipinski definition) is 5. The molecule has 6 nitrogen and oxygen atoms in total. The van der Waals surface area contributed by atoms with Crippen LogP contribution in [0.3, 0.4) is 0 Å². The number of likely N-dealkylation sites (N-methyl/N-ethyl adjacent to an activating group) is 1. The Morgan fingerprint density at radius 3 is 2.81 bits per heavy atom. The number of rotatable bonds is 7. The van der Waals surface area contributed by atoms with Gasteiger partial charge in [0.15, 0.2) is 0 Å². The van der Waals surface area contributed by atoms with Crippen LogP contribution in [0.1, 0.15) is 5.01 Å². The molecule has 0 atom stereocenters. The van der Waals surface area contributed by atoms with E-state index in [0.717, 1.165) is 15.2 Å². The van der Waals surface area contributed by atoms with E-state index in [1.54, 1.807) is 6.07 Å². The van der Waals surface area contributed by atoms with Crippen LogP contribution in [0.2, 0.25) is 0 Å². The fourth-order valence-electron chi connectivity index (χ4n) is 2.39. The smallest absolute Gasteiger partial charge is 0.248 e. The summed E-state index contributed by atoms with van der Waals surface area (Å²) < 4.78 is 19.6. The van der Waals surface area contributed by atoms with Crippen molar-refractivity contribution in [2.24, 2.45) is 0 Å². The van der Waals surface area contributed by atoms with E-state index in [4.69, 9.17) is 4.74 Å². The zero-order valence-electron chi connectivity index (χ0n) is 14.6. The Morgan fingerprint density at radius 1 is 1.22 bits per heavy atom. The van der Waals surface area contributed by atoms with Crippen LogP contribution in [0.15, 0.2) is 48.5 Å². The minimum absolute atomic E-state index is 0.153. The molecule has 3 aromatic rings. The monoisotopic (exact) mass is 387 g/mol. The average molecular weight is 387 g/mol. The summed E-state index contributed by atoms with van der Waals surface area (Å²) in [6, 6.07) is 13.3. The number of halogens is 1. The molecule has 1 heterocycles. The molecular weight excluding hydrogens is 369 g/mol. The Bertz CT molecular complexity index is 927. The van der Waals surface area contributed by atoms with Gasteiger partial charge in [-0.2, -0.15) is 0 Å². The number of aromatic nitrogens is 1. The van der Waals surface area contributed by atoms with Crippen molar-refractivity contribution < 1.29 is 18.7 Å². The Hall–Kier alpha value is -2.84. The highest BCUT2D eigenvalue weighted by Gasteiger charge is 2.14. The third kappa shape index (κ3) is 5.32. The summed E-state index contributed by atoms with van der Waals surface area (Å²) in [6.45, 7) is -0.0755. The third-order valence-electron chi connectivity index (χ3n) is 3.70. The van der Waals surface area contributed by atoms with Crippen molar-refractivity contribution in [3.63, 3.8) is 0 Å². The van der Waals surface area contributed by atoms with E-state index in [-0.39, 0.29) is 25.7 Å². The van der Waals surface area contributed by atoms with E-state index in [9.17, 15) is 14.0 Å². The number of para-hydroxylation sites is 1. The number of hydrogen-bond donors (Lipinski definition) is 1. The summed E-state index contributed by atoms with van der Waals surface area (Å²) in [4.78, 5) is 29.7. The van der Waals surface area contributed by atoms with Gasteiger partial charge in [0.2, 0.25) is 11.8 Å². The fourth-order valence-corrected chi connectivity index (χ4v) is 3.29. The van der Waals surface area contributed by atoms with Gasteiger partial charge in [0, 0.05) is 12.7 Å². The first-order chi connectivity index (χ1) is 13.0. The quantitative estimate of drug-likeness (QED) is 0.676. The molecule has 0 spiro atoms. The zero-order chi connectivity index (χ0) is 19.2. The van der Waals surface area contributed by atoms with Crippen LogP contribution in [0.5, 0.6) is 0 Å². The molecule has 140 valence electrons. The summed E-state index contributed by atoms with van der Waals surface area (Å²) >= 11 is 1.51. The molecule has 1 N–H and O–H groups in total. The van der Waals surface area contributed by atoms with Gasteiger partial charge in [-0.15, -0.1) is 11.3 Å². The first-order valence-electron chi connectivity index (χ1n) is 8.23. The highest BCUT2D eigenvalue weighted by molar-refractivity contribution is 7.18. The molecule has 2 amide bonds. The first kappa shape index (κ1) is 18.9. The van der Waals surface area contributed by atoms with E-state index in [1.807, 2.05) is 24.3 Å². The van der Waals surface area contributed by atoms with Crippen LogP contribution < -0.4 is 5.32 Å². The van der Waals surface area contributed by atoms with Crippen LogP contribution in [-0.2, 0) is 20.9 Å². The second kappa shape index (κ2) is 8.70. The SMILES string of the molecule is CN(CC(=O)Nc1cccc(F)c1)C(=O)COCc1nc2ccccc2s1. The van der Waals surface area contributed by atoms with Gasteiger partial charge >= 0.3 is 0 Å².